The Labute approximate surface area is 146 Å². The number of benzene rings is 2. The summed E-state index contributed by atoms with van der Waals surface area (Å²) in [7, 11) is 2.98. The Bertz CT molecular complexity index is 881. The van der Waals surface area contributed by atoms with Gasteiger partial charge >= 0.3 is 5.97 Å². The number of carbonyl (C=O) groups is 1. The van der Waals surface area contributed by atoms with E-state index in [1.807, 2.05) is 60.8 Å². The highest BCUT2D eigenvalue weighted by Crippen LogP contribution is 2.26. The van der Waals surface area contributed by atoms with Crippen LogP contribution in [0.3, 0.4) is 0 Å². The molecule has 0 aliphatic carbocycles. The Hall–Kier alpha value is -3.34. The van der Waals surface area contributed by atoms with Gasteiger partial charge in [0.2, 0.25) is 0 Å². The van der Waals surface area contributed by atoms with Gasteiger partial charge in [-0.2, -0.15) is 5.10 Å². The van der Waals surface area contributed by atoms with Crippen molar-refractivity contribution in [1.82, 2.24) is 9.78 Å². The van der Waals surface area contributed by atoms with Crippen molar-refractivity contribution in [3.8, 4) is 22.7 Å². The van der Waals surface area contributed by atoms with Crippen LogP contribution in [0.1, 0.15) is 5.56 Å². The SMILES string of the molecule is COC(=O)C=Cc1cn(-c2ccccc2)nc1-c1ccc(OC)cc1. The van der Waals surface area contributed by atoms with Gasteiger partial charge in [0.1, 0.15) is 5.75 Å². The Balaban J connectivity index is 2.05. The molecule has 25 heavy (non-hydrogen) atoms. The van der Waals surface area contributed by atoms with Crippen LogP contribution in [-0.2, 0) is 9.53 Å². The van der Waals surface area contributed by atoms with Gasteiger partial charge in [-0.3, -0.25) is 0 Å². The van der Waals surface area contributed by atoms with Crippen LogP contribution in [0.25, 0.3) is 23.0 Å². The number of ether oxygens (including phenoxy) is 2. The third-order valence-corrected chi connectivity index (χ3v) is 3.73. The maximum Gasteiger partial charge on any atom is 0.330 e. The zero-order valence-electron chi connectivity index (χ0n) is 14.0. The highest BCUT2D eigenvalue weighted by molar-refractivity contribution is 5.88. The fourth-order valence-corrected chi connectivity index (χ4v) is 2.42. The van der Waals surface area contributed by atoms with Crippen molar-refractivity contribution in [2.75, 3.05) is 14.2 Å². The summed E-state index contributed by atoms with van der Waals surface area (Å²) in [6, 6.07) is 17.4. The fraction of sp³-hybridized carbons (Fsp3) is 0.100. The minimum absolute atomic E-state index is 0.409. The van der Waals surface area contributed by atoms with Gasteiger partial charge in [0.15, 0.2) is 0 Å². The van der Waals surface area contributed by atoms with Crippen LogP contribution in [0.5, 0.6) is 5.75 Å². The van der Waals surface area contributed by atoms with Crippen LogP contribution >= 0.6 is 0 Å². The fourth-order valence-electron chi connectivity index (χ4n) is 2.42. The smallest absolute Gasteiger partial charge is 0.330 e. The number of methoxy groups -OCH3 is 2. The van der Waals surface area contributed by atoms with Crippen LogP contribution in [0.2, 0.25) is 0 Å². The summed E-state index contributed by atoms with van der Waals surface area (Å²) in [4.78, 5) is 11.4. The van der Waals surface area contributed by atoms with Gasteiger partial charge in [0.25, 0.3) is 0 Å². The second-order valence-electron chi connectivity index (χ2n) is 5.30. The lowest BCUT2D eigenvalue weighted by Gasteiger charge is -2.02. The second-order valence-corrected chi connectivity index (χ2v) is 5.30. The van der Waals surface area contributed by atoms with E-state index in [1.165, 1.54) is 13.2 Å². The molecule has 0 N–H and O–H groups in total. The van der Waals surface area contributed by atoms with E-state index in [1.54, 1.807) is 17.9 Å². The first-order valence-electron chi connectivity index (χ1n) is 7.77. The van der Waals surface area contributed by atoms with Crippen molar-refractivity contribution in [2.24, 2.45) is 0 Å². The summed E-state index contributed by atoms with van der Waals surface area (Å²) in [6.07, 6.45) is 4.98. The average molecular weight is 334 g/mol. The molecule has 0 aliphatic rings. The molecule has 3 aromatic rings. The second kappa shape index (κ2) is 7.49. The predicted molar refractivity (Wildman–Crippen MR) is 96.6 cm³/mol. The molecule has 5 nitrogen and oxygen atoms in total. The molecule has 0 fully saturated rings. The molecule has 0 radical (unpaired) electrons. The summed E-state index contributed by atoms with van der Waals surface area (Å²) in [6.45, 7) is 0. The number of hydrogen-bond acceptors (Lipinski definition) is 4. The number of nitrogens with zero attached hydrogens (tertiary/aromatic N) is 2. The monoisotopic (exact) mass is 334 g/mol. The molecule has 0 spiro atoms. The van der Waals surface area contributed by atoms with E-state index < -0.39 is 5.97 Å². The minimum Gasteiger partial charge on any atom is -0.497 e. The molecule has 0 atom stereocenters. The molecule has 0 saturated heterocycles. The molecule has 0 bridgehead atoms. The van der Waals surface area contributed by atoms with Gasteiger partial charge in [-0.25, -0.2) is 9.48 Å². The first kappa shape index (κ1) is 16.5. The van der Waals surface area contributed by atoms with E-state index in [9.17, 15) is 4.79 Å². The Kier molecular flexibility index (Phi) is 4.95. The van der Waals surface area contributed by atoms with Crippen molar-refractivity contribution < 1.29 is 14.3 Å². The van der Waals surface area contributed by atoms with Crippen LogP contribution in [-0.4, -0.2) is 30.0 Å². The highest BCUT2D eigenvalue weighted by atomic mass is 16.5. The summed E-state index contributed by atoms with van der Waals surface area (Å²) in [5, 5.41) is 4.68. The van der Waals surface area contributed by atoms with Crippen molar-refractivity contribution >= 4 is 12.0 Å². The maximum atomic E-state index is 11.4. The molecule has 1 heterocycles. The zero-order chi connectivity index (χ0) is 17.6. The molecule has 2 aromatic carbocycles. The van der Waals surface area contributed by atoms with E-state index in [4.69, 9.17) is 4.74 Å². The zero-order valence-corrected chi connectivity index (χ0v) is 14.0. The van der Waals surface area contributed by atoms with Gasteiger partial charge in [0, 0.05) is 23.4 Å². The summed E-state index contributed by atoms with van der Waals surface area (Å²) in [5.41, 5.74) is 3.46. The van der Waals surface area contributed by atoms with Crippen LogP contribution in [0.15, 0.2) is 66.9 Å². The van der Waals surface area contributed by atoms with E-state index in [2.05, 4.69) is 9.84 Å². The van der Waals surface area contributed by atoms with Crippen LogP contribution in [0, 0.1) is 0 Å². The van der Waals surface area contributed by atoms with Crippen molar-refractivity contribution in [2.45, 2.75) is 0 Å². The largest absolute Gasteiger partial charge is 0.497 e. The van der Waals surface area contributed by atoms with E-state index in [0.29, 0.717) is 0 Å². The third-order valence-electron chi connectivity index (χ3n) is 3.73. The van der Waals surface area contributed by atoms with Gasteiger partial charge < -0.3 is 9.47 Å². The van der Waals surface area contributed by atoms with E-state index >= 15 is 0 Å². The number of para-hydroxylation sites is 1. The predicted octanol–water partition coefficient (Wildman–Crippen LogP) is 3.73. The topological polar surface area (TPSA) is 53.4 Å². The van der Waals surface area contributed by atoms with Crippen molar-refractivity contribution in [3.63, 3.8) is 0 Å². The van der Waals surface area contributed by atoms with Gasteiger partial charge in [-0.05, 0) is 42.5 Å². The summed E-state index contributed by atoms with van der Waals surface area (Å²) >= 11 is 0. The number of aromatic nitrogens is 2. The lowest BCUT2D eigenvalue weighted by Crippen LogP contribution is -1.94. The minimum atomic E-state index is -0.409. The normalized spacial score (nSPS) is 10.8. The molecule has 3 rings (SSSR count). The number of esters is 1. The molecular weight excluding hydrogens is 316 g/mol. The number of carbonyl (C=O) groups excluding carboxylic acids is 1. The van der Waals surface area contributed by atoms with Crippen molar-refractivity contribution in [1.29, 1.82) is 0 Å². The lowest BCUT2D eigenvalue weighted by atomic mass is 10.1. The molecule has 1 aromatic heterocycles. The number of rotatable bonds is 5. The number of hydrogen-bond donors (Lipinski definition) is 0. The molecule has 5 heteroatoms. The summed E-state index contributed by atoms with van der Waals surface area (Å²) < 4.78 is 11.7. The standard InChI is InChI=1S/C20H18N2O3/c1-24-18-11-8-15(9-12-18)20-16(10-13-19(23)25-2)14-22(21-20)17-6-4-3-5-7-17/h3-14H,1-2H3. The van der Waals surface area contributed by atoms with E-state index in [-0.39, 0.29) is 0 Å². The average Bonchev–Trinajstić information content (AvgIpc) is 3.11. The summed E-state index contributed by atoms with van der Waals surface area (Å²) in [5.74, 6) is 0.367. The first-order valence-corrected chi connectivity index (χ1v) is 7.77. The Morgan fingerprint density at radius 1 is 1.04 bits per heavy atom. The molecule has 126 valence electrons. The van der Waals surface area contributed by atoms with E-state index in [0.717, 1.165) is 28.3 Å². The lowest BCUT2D eigenvalue weighted by molar-refractivity contribution is -0.134. The van der Waals surface area contributed by atoms with Crippen LogP contribution in [0.4, 0.5) is 0 Å². The Morgan fingerprint density at radius 3 is 2.40 bits per heavy atom. The molecule has 0 unspecified atom stereocenters. The van der Waals surface area contributed by atoms with Gasteiger partial charge in [0.05, 0.1) is 25.6 Å². The molecule has 0 saturated carbocycles. The third kappa shape index (κ3) is 3.77. The first-order chi connectivity index (χ1) is 12.2. The maximum absolute atomic E-state index is 11.4. The van der Waals surface area contributed by atoms with Crippen molar-refractivity contribution in [3.05, 3.63) is 72.4 Å². The molecule has 0 amide bonds. The Morgan fingerprint density at radius 2 is 1.76 bits per heavy atom. The van der Waals surface area contributed by atoms with Gasteiger partial charge in [-0.15, -0.1) is 0 Å². The highest BCUT2D eigenvalue weighted by Gasteiger charge is 2.11. The quantitative estimate of drug-likeness (QED) is 0.527. The molecular formula is C20H18N2O3. The van der Waals surface area contributed by atoms with Gasteiger partial charge in [-0.1, -0.05) is 18.2 Å². The molecule has 0 aliphatic heterocycles. The van der Waals surface area contributed by atoms with Crippen LogP contribution < -0.4 is 4.74 Å².